The summed E-state index contributed by atoms with van der Waals surface area (Å²) in [6.45, 7) is 0. The lowest BCUT2D eigenvalue weighted by Gasteiger charge is -1.94. The van der Waals surface area contributed by atoms with Gasteiger partial charge in [-0.05, 0) is 11.6 Å². The fourth-order valence-electron chi connectivity index (χ4n) is 1.46. The Morgan fingerprint density at radius 1 is 1.43 bits per heavy atom. The summed E-state index contributed by atoms with van der Waals surface area (Å²) in [6, 6.07) is 7.75. The van der Waals surface area contributed by atoms with Crippen molar-refractivity contribution in [3.63, 3.8) is 0 Å². The van der Waals surface area contributed by atoms with Gasteiger partial charge >= 0.3 is 5.97 Å². The van der Waals surface area contributed by atoms with E-state index < -0.39 is 5.97 Å². The van der Waals surface area contributed by atoms with Crippen LogP contribution in [0.4, 0.5) is 0 Å². The second kappa shape index (κ2) is 3.72. The van der Waals surface area contributed by atoms with Gasteiger partial charge in [-0.15, -0.1) is 0 Å². The summed E-state index contributed by atoms with van der Waals surface area (Å²) in [5.41, 5.74) is 1.90. The lowest BCUT2D eigenvalue weighted by molar-refractivity contribution is -0.133. The Bertz CT molecular complexity index is 464. The van der Waals surface area contributed by atoms with Gasteiger partial charge in [0.2, 0.25) is 0 Å². The highest BCUT2D eigenvalue weighted by molar-refractivity contribution is 6.13. The summed E-state index contributed by atoms with van der Waals surface area (Å²) in [7, 11) is 0. The standard InChI is InChI=1S/C10H8ClNO2/c11-14-10(13)5-7-6-12-9-4-2-1-3-8(7)9/h1-4,6,12H,5H2. The molecular formula is C10H8ClNO2. The monoisotopic (exact) mass is 209 g/mol. The predicted octanol–water partition coefficient (Wildman–Crippen LogP) is 2.41. The predicted molar refractivity (Wildman–Crippen MR) is 53.9 cm³/mol. The molecule has 1 N–H and O–H groups in total. The van der Waals surface area contributed by atoms with Crippen LogP contribution in [0.5, 0.6) is 0 Å². The summed E-state index contributed by atoms with van der Waals surface area (Å²) >= 11 is 4.96. The zero-order valence-electron chi connectivity index (χ0n) is 7.29. The molecule has 0 bridgehead atoms. The van der Waals surface area contributed by atoms with E-state index in [1.807, 2.05) is 24.3 Å². The van der Waals surface area contributed by atoms with Gasteiger partial charge in [-0.25, -0.2) is 0 Å². The highest BCUT2D eigenvalue weighted by Gasteiger charge is 2.08. The number of benzene rings is 1. The van der Waals surface area contributed by atoms with Crippen molar-refractivity contribution in [3.8, 4) is 0 Å². The van der Waals surface area contributed by atoms with Crippen molar-refractivity contribution < 1.29 is 9.08 Å². The maximum absolute atomic E-state index is 11.0. The van der Waals surface area contributed by atoms with Crippen LogP contribution in [0.15, 0.2) is 30.5 Å². The van der Waals surface area contributed by atoms with Gasteiger partial charge in [0.25, 0.3) is 0 Å². The Morgan fingerprint density at radius 3 is 3.00 bits per heavy atom. The van der Waals surface area contributed by atoms with Gasteiger partial charge in [-0.1, -0.05) is 18.2 Å². The highest BCUT2D eigenvalue weighted by atomic mass is 35.5. The van der Waals surface area contributed by atoms with Crippen LogP contribution in [0.2, 0.25) is 0 Å². The normalized spacial score (nSPS) is 10.4. The number of carbonyl (C=O) groups is 1. The first kappa shape index (κ1) is 9.09. The van der Waals surface area contributed by atoms with Crippen molar-refractivity contribution in [2.75, 3.05) is 0 Å². The van der Waals surface area contributed by atoms with Crippen LogP contribution in [-0.2, 0) is 15.5 Å². The van der Waals surface area contributed by atoms with Crippen LogP contribution in [0.3, 0.4) is 0 Å². The second-order valence-electron chi connectivity index (χ2n) is 2.99. The van der Waals surface area contributed by atoms with Crippen molar-refractivity contribution in [1.29, 1.82) is 0 Å². The molecule has 1 aromatic carbocycles. The number of aromatic amines is 1. The molecule has 14 heavy (non-hydrogen) atoms. The third-order valence-corrected chi connectivity index (χ3v) is 2.27. The molecule has 0 fully saturated rings. The molecule has 2 rings (SSSR count). The molecule has 0 spiro atoms. The fourth-order valence-corrected chi connectivity index (χ4v) is 1.52. The van der Waals surface area contributed by atoms with Crippen LogP contribution >= 0.6 is 11.9 Å². The summed E-state index contributed by atoms with van der Waals surface area (Å²) in [6.07, 6.45) is 1.98. The Labute approximate surface area is 85.8 Å². The lowest BCUT2D eigenvalue weighted by atomic mass is 10.1. The smallest absolute Gasteiger partial charge is 0.329 e. The molecule has 0 radical (unpaired) electrons. The molecule has 0 aliphatic rings. The van der Waals surface area contributed by atoms with E-state index in [0.29, 0.717) is 0 Å². The molecule has 0 aliphatic carbocycles. The van der Waals surface area contributed by atoms with E-state index in [9.17, 15) is 4.79 Å². The van der Waals surface area contributed by atoms with E-state index in [-0.39, 0.29) is 6.42 Å². The number of H-pyrrole nitrogens is 1. The van der Waals surface area contributed by atoms with Gasteiger partial charge in [0.05, 0.1) is 6.42 Å². The number of rotatable bonds is 2. The minimum atomic E-state index is -0.448. The zero-order valence-corrected chi connectivity index (χ0v) is 8.04. The molecular weight excluding hydrogens is 202 g/mol. The summed E-state index contributed by atoms with van der Waals surface area (Å²) in [4.78, 5) is 14.0. The first-order valence-electron chi connectivity index (χ1n) is 4.17. The van der Waals surface area contributed by atoms with E-state index >= 15 is 0 Å². The number of hydrogen-bond acceptors (Lipinski definition) is 2. The van der Waals surface area contributed by atoms with Crippen LogP contribution in [0, 0.1) is 0 Å². The Morgan fingerprint density at radius 2 is 2.21 bits per heavy atom. The number of nitrogens with one attached hydrogen (secondary N) is 1. The van der Waals surface area contributed by atoms with E-state index in [2.05, 4.69) is 9.27 Å². The molecule has 0 saturated heterocycles. The molecule has 0 atom stereocenters. The van der Waals surface area contributed by atoms with Crippen molar-refractivity contribution in [3.05, 3.63) is 36.0 Å². The average Bonchev–Trinajstić information content (AvgIpc) is 2.62. The van der Waals surface area contributed by atoms with Gasteiger partial charge < -0.3 is 9.27 Å². The van der Waals surface area contributed by atoms with Crippen LogP contribution in [0.1, 0.15) is 5.56 Å². The molecule has 72 valence electrons. The molecule has 0 aliphatic heterocycles. The average molecular weight is 210 g/mol. The number of carbonyl (C=O) groups excluding carboxylic acids is 1. The topological polar surface area (TPSA) is 42.1 Å². The first-order valence-corrected chi connectivity index (χ1v) is 4.48. The maximum atomic E-state index is 11.0. The number of fused-ring (bicyclic) bond motifs is 1. The van der Waals surface area contributed by atoms with Crippen molar-refractivity contribution in [1.82, 2.24) is 4.98 Å². The summed E-state index contributed by atoms with van der Waals surface area (Å²) in [5, 5.41) is 1.02. The van der Waals surface area contributed by atoms with Gasteiger partial charge in [0.1, 0.15) is 11.9 Å². The minimum absolute atomic E-state index is 0.188. The van der Waals surface area contributed by atoms with Gasteiger partial charge in [-0.3, -0.25) is 4.79 Å². The Hall–Kier alpha value is -1.48. The highest BCUT2D eigenvalue weighted by Crippen LogP contribution is 2.18. The number of aromatic nitrogens is 1. The Balaban J connectivity index is 2.38. The molecule has 0 saturated carbocycles. The molecule has 1 aromatic heterocycles. The lowest BCUT2D eigenvalue weighted by Crippen LogP contribution is -2.00. The molecule has 0 amide bonds. The van der Waals surface area contributed by atoms with Crippen molar-refractivity contribution >= 4 is 28.7 Å². The van der Waals surface area contributed by atoms with Gasteiger partial charge in [0, 0.05) is 17.1 Å². The van der Waals surface area contributed by atoms with Crippen LogP contribution in [0.25, 0.3) is 10.9 Å². The van der Waals surface area contributed by atoms with E-state index in [1.165, 1.54) is 0 Å². The molecule has 2 aromatic rings. The third-order valence-electron chi connectivity index (χ3n) is 2.10. The second-order valence-corrected chi connectivity index (χ2v) is 3.14. The number of hydrogen-bond donors (Lipinski definition) is 1. The Kier molecular flexibility index (Phi) is 2.41. The first-order chi connectivity index (χ1) is 6.81. The SMILES string of the molecule is O=C(Cc1c[nH]c2ccccc12)OCl. The molecule has 3 nitrogen and oxygen atoms in total. The van der Waals surface area contributed by atoms with E-state index in [4.69, 9.17) is 11.9 Å². The molecule has 0 unspecified atom stereocenters. The molecule has 4 heteroatoms. The summed E-state index contributed by atoms with van der Waals surface area (Å²) in [5.74, 6) is -0.448. The number of halogens is 1. The van der Waals surface area contributed by atoms with Crippen LogP contribution < -0.4 is 0 Å². The summed E-state index contributed by atoms with van der Waals surface area (Å²) < 4.78 is 4.09. The minimum Gasteiger partial charge on any atom is -0.361 e. The van der Waals surface area contributed by atoms with E-state index in [1.54, 1.807) is 6.20 Å². The zero-order chi connectivity index (χ0) is 9.97. The van der Waals surface area contributed by atoms with E-state index in [0.717, 1.165) is 16.5 Å². The van der Waals surface area contributed by atoms with Crippen molar-refractivity contribution in [2.24, 2.45) is 0 Å². The van der Waals surface area contributed by atoms with Crippen molar-refractivity contribution in [2.45, 2.75) is 6.42 Å². The van der Waals surface area contributed by atoms with Crippen LogP contribution in [-0.4, -0.2) is 11.0 Å². The maximum Gasteiger partial charge on any atom is 0.329 e. The third kappa shape index (κ3) is 1.59. The molecule has 1 heterocycles. The van der Waals surface area contributed by atoms with Gasteiger partial charge in [0.15, 0.2) is 0 Å². The quantitative estimate of drug-likeness (QED) is 0.825. The number of para-hydroxylation sites is 1. The van der Waals surface area contributed by atoms with Gasteiger partial charge in [-0.2, -0.15) is 0 Å². The largest absolute Gasteiger partial charge is 0.361 e. The fraction of sp³-hybridized carbons (Fsp3) is 0.100.